The van der Waals surface area contributed by atoms with Gasteiger partial charge in [0.15, 0.2) is 0 Å². The maximum absolute atomic E-state index is 10.7. The van der Waals surface area contributed by atoms with Crippen LogP contribution in [0.15, 0.2) is 18.2 Å². The molecule has 0 saturated heterocycles. The highest BCUT2D eigenvalue weighted by molar-refractivity contribution is 14.1. The Morgan fingerprint density at radius 1 is 1.57 bits per heavy atom. The number of hydrogen-bond donors (Lipinski definition) is 1. The molecular weight excluding hydrogens is 295 g/mol. The number of esters is 1. The number of phenolic OH excluding ortho intramolecular Hbond substituents is 1. The summed E-state index contributed by atoms with van der Waals surface area (Å²) in [7, 11) is 0. The van der Waals surface area contributed by atoms with Gasteiger partial charge in [-0.15, -0.1) is 0 Å². The summed E-state index contributed by atoms with van der Waals surface area (Å²) in [5.41, 5.74) is 0.877. The monoisotopic (exact) mass is 306 g/mol. The van der Waals surface area contributed by atoms with Crippen molar-refractivity contribution in [3.05, 3.63) is 27.3 Å². The lowest BCUT2D eigenvalue weighted by Crippen LogP contribution is -2.04. The zero-order chi connectivity index (χ0) is 10.7. The number of ether oxygens (including phenoxy) is 1. The molecule has 0 amide bonds. The molecule has 0 spiro atoms. The minimum atomic E-state index is -0.305. The van der Waals surface area contributed by atoms with Gasteiger partial charge in [0.1, 0.15) is 11.9 Å². The first-order chi connectivity index (χ1) is 6.50. The minimum Gasteiger partial charge on any atom is -0.507 e. The topological polar surface area (TPSA) is 46.5 Å². The quantitative estimate of drug-likeness (QED) is 0.675. The molecule has 0 aliphatic rings. The van der Waals surface area contributed by atoms with Crippen LogP contribution in [0.1, 0.15) is 25.5 Å². The Morgan fingerprint density at radius 3 is 2.71 bits per heavy atom. The smallest absolute Gasteiger partial charge is 0.303 e. The standard InChI is InChI=1S/C10H11IO3/c1-6(14-7(2)12)8-3-4-10(13)9(11)5-8/h3-6,13H,1-2H3. The molecule has 76 valence electrons. The van der Waals surface area contributed by atoms with Crippen LogP contribution in [-0.2, 0) is 9.53 Å². The Bertz CT molecular complexity index is 349. The number of carbonyl (C=O) groups is 1. The van der Waals surface area contributed by atoms with Crippen LogP contribution in [0, 0.1) is 3.57 Å². The Kier molecular flexibility index (Phi) is 3.74. The summed E-state index contributed by atoms with van der Waals surface area (Å²) in [6.07, 6.45) is -0.276. The Balaban J connectivity index is 2.85. The van der Waals surface area contributed by atoms with Crippen molar-refractivity contribution in [2.24, 2.45) is 0 Å². The van der Waals surface area contributed by atoms with Crippen molar-refractivity contribution in [2.45, 2.75) is 20.0 Å². The van der Waals surface area contributed by atoms with Crippen LogP contribution in [-0.4, -0.2) is 11.1 Å². The normalized spacial score (nSPS) is 12.2. The molecule has 14 heavy (non-hydrogen) atoms. The van der Waals surface area contributed by atoms with Crippen LogP contribution >= 0.6 is 22.6 Å². The molecule has 0 aliphatic heterocycles. The van der Waals surface area contributed by atoms with E-state index in [1.165, 1.54) is 6.92 Å². The van der Waals surface area contributed by atoms with E-state index in [1.54, 1.807) is 25.1 Å². The maximum Gasteiger partial charge on any atom is 0.303 e. The van der Waals surface area contributed by atoms with E-state index in [9.17, 15) is 9.90 Å². The number of benzene rings is 1. The van der Waals surface area contributed by atoms with Gasteiger partial charge >= 0.3 is 5.97 Å². The molecule has 1 rings (SSSR count). The predicted molar refractivity (Wildman–Crippen MR) is 61.0 cm³/mol. The highest BCUT2D eigenvalue weighted by atomic mass is 127. The minimum absolute atomic E-state index is 0.240. The second kappa shape index (κ2) is 4.63. The molecule has 1 aromatic rings. The highest BCUT2D eigenvalue weighted by Gasteiger charge is 2.09. The van der Waals surface area contributed by atoms with Crippen molar-refractivity contribution in [1.29, 1.82) is 0 Å². The molecule has 0 aromatic heterocycles. The molecule has 3 nitrogen and oxygen atoms in total. The third kappa shape index (κ3) is 2.87. The summed E-state index contributed by atoms with van der Waals surface area (Å²) in [6, 6.07) is 5.13. The molecule has 0 radical (unpaired) electrons. The molecule has 1 atom stereocenters. The zero-order valence-corrected chi connectivity index (χ0v) is 10.1. The third-order valence-electron chi connectivity index (χ3n) is 1.78. The fraction of sp³-hybridized carbons (Fsp3) is 0.300. The third-order valence-corrected chi connectivity index (χ3v) is 2.65. The van der Waals surface area contributed by atoms with E-state index in [-0.39, 0.29) is 17.8 Å². The van der Waals surface area contributed by atoms with Gasteiger partial charge in [-0.3, -0.25) is 4.79 Å². The van der Waals surface area contributed by atoms with Crippen LogP contribution in [0.5, 0.6) is 5.75 Å². The van der Waals surface area contributed by atoms with E-state index in [1.807, 2.05) is 22.6 Å². The van der Waals surface area contributed by atoms with E-state index in [4.69, 9.17) is 4.74 Å². The van der Waals surface area contributed by atoms with Gasteiger partial charge in [0, 0.05) is 6.92 Å². The zero-order valence-electron chi connectivity index (χ0n) is 7.95. The molecule has 4 heteroatoms. The van der Waals surface area contributed by atoms with Crippen molar-refractivity contribution < 1.29 is 14.6 Å². The number of aromatic hydroxyl groups is 1. The molecule has 0 saturated carbocycles. The van der Waals surface area contributed by atoms with Gasteiger partial charge < -0.3 is 9.84 Å². The lowest BCUT2D eigenvalue weighted by atomic mass is 10.1. The second-order valence-electron chi connectivity index (χ2n) is 2.96. The molecule has 0 fully saturated rings. The predicted octanol–water partition coefficient (Wildman–Crippen LogP) is 2.62. The molecule has 0 bridgehead atoms. The second-order valence-corrected chi connectivity index (χ2v) is 4.12. The van der Waals surface area contributed by atoms with Gasteiger partial charge in [-0.1, -0.05) is 6.07 Å². The van der Waals surface area contributed by atoms with Gasteiger partial charge in [-0.25, -0.2) is 0 Å². The van der Waals surface area contributed by atoms with Gasteiger partial charge in [0.25, 0.3) is 0 Å². The van der Waals surface area contributed by atoms with Gasteiger partial charge in [0.2, 0.25) is 0 Å². The maximum atomic E-state index is 10.7. The summed E-state index contributed by atoms with van der Waals surface area (Å²) in [6.45, 7) is 3.17. The van der Waals surface area contributed by atoms with Crippen LogP contribution < -0.4 is 0 Å². The first kappa shape index (κ1) is 11.3. The van der Waals surface area contributed by atoms with Crippen LogP contribution in [0.25, 0.3) is 0 Å². The molecule has 0 heterocycles. The van der Waals surface area contributed by atoms with Gasteiger partial charge in [0.05, 0.1) is 3.57 Å². The number of hydrogen-bond acceptors (Lipinski definition) is 3. The van der Waals surface area contributed by atoms with E-state index in [2.05, 4.69) is 0 Å². The molecule has 1 N–H and O–H groups in total. The van der Waals surface area contributed by atoms with Crippen molar-refractivity contribution in [3.63, 3.8) is 0 Å². The summed E-state index contributed by atoms with van der Waals surface area (Å²) in [5.74, 6) is -0.0649. The number of halogens is 1. The van der Waals surface area contributed by atoms with Crippen LogP contribution in [0.3, 0.4) is 0 Å². The fourth-order valence-electron chi connectivity index (χ4n) is 1.09. The van der Waals surface area contributed by atoms with Gasteiger partial charge in [-0.05, 0) is 47.2 Å². The summed E-state index contributed by atoms with van der Waals surface area (Å²) >= 11 is 2.03. The summed E-state index contributed by atoms with van der Waals surface area (Å²) < 4.78 is 5.76. The van der Waals surface area contributed by atoms with Crippen LogP contribution in [0.2, 0.25) is 0 Å². The first-order valence-corrected chi connectivity index (χ1v) is 5.24. The van der Waals surface area contributed by atoms with E-state index in [0.717, 1.165) is 9.13 Å². The van der Waals surface area contributed by atoms with Crippen molar-refractivity contribution >= 4 is 28.6 Å². The van der Waals surface area contributed by atoms with Gasteiger partial charge in [-0.2, -0.15) is 0 Å². The Hall–Kier alpha value is -0.780. The van der Waals surface area contributed by atoms with Crippen LogP contribution in [0.4, 0.5) is 0 Å². The number of rotatable bonds is 2. The summed E-state index contributed by atoms with van der Waals surface area (Å²) in [4.78, 5) is 10.7. The Morgan fingerprint density at radius 2 is 2.21 bits per heavy atom. The van der Waals surface area contributed by atoms with E-state index in [0.29, 0.717) is 0 Å². The van der Waals surface area contributed by atoms with E-state index >= 15 is 0 Å². The molecule has 1 aromatic carbocycles. The molecule has 1 unspecified atom stereocenters. The SMILES string of the molecule is CC(=O)OC(C)c1ccc(O)c(I)c1. The lowest BCUT2D eigenvalue weighted by Gasteiger charge is -2.12. The average Bonchev–Trinajstić information content (AvgIpc) is 2.08. The number of carbonyl (C=O) groups excluding carboxylic acids is 1. The van der Waals surface area contributed by atoms with E-state index < -0.39 is 0 Å². The van der Waals surface area contributed by atoms with Crippen molar-refractivity contribution in [1.82, 2.24) is 0 Å². The van der Waals surface area contributed by atoms with Crippen molar-refractivity contribution in [3.8, 4) is 5.75 Å². The largest absolute Gasteiger partial charge is 0.507 e. The molecule has 0 aliphatic carbocycles. The Labute approximate surface area is 96.2 Å². The highest BCUT2D eigenvalue weighted by Crippen LogP contribution is 2.25. The average molecular weight is 306 g/mol. The summed E-state index contributed by atoms with van der Waals surface area (Å²) in [5, 5.41) is 9.29. The fourth-order valence-corrected chi connectivity index (χ4v) is 1.63. The van der Waals surface area contributed by atoms with Crippen molar-refractivity contribution in [2.75, 3.05) is 0 Å². The molecular formula is C10H11IO3. The first-order valence-electron chi connectivity index (χ1n) is 4.16. The number of phenols is 1. The lowest BCUT2D eigenvalue weighted by molar-refractivity contribution is -0.145.